The van der Waals surface area contributed by atoms with Crippen molar-refractivity contribution < 1.29 is 23.9 Å². The van der Waals surface area contributed by atoms with Crippen LogP contribution in [0, 0.1) is 0 Å². The summed E-state index contributed by atoms with van der Waals surface area (Å²) in [6.45, 7) is 2.31. The van der Waals surface area contributed by atoms with Crippen molar-refractivity contribution in [1.82, 2.24) is 4.98 Å². The number of esters is 2. The van der Waals surface area contributed by atoms with Crippen molar-refractivity contribution in [3.63, 3.8) is 0 Å². The fourth-order valence-corrected chi connectivity index (χ4v) is 4.52. The third-order valence-electron chi connectivity index (χ3n) is 6.68. The minimum Gasteiger partial charge on any atom is -0.461 e. The lowest BCUT2D eigenvalue weighted by Crippen LogP contribution is -2.05. The molecule has 5 rings (SSSR count). The number of Topliss-reactive ketones (excluding diaryl/α,β-unsaturated/α-hetero) is 1. The SMILES string of the molecule is CCOC(=O)c1cc2cc(-c3cccc(C(=O)CCc4ccc(C(=O)OCc5ccccc5)cc4)c3)ccc2[nH]1. The van der Waals surface area contributed by atoms with E-state index in [1.54, 1.807) is 25.1 Å². The molecule has 0 aliphatic carbocycles. The van der Waals surface area contributed by atoms with Crippen LogP contribution in [-0.4, -0.2) is 29.3 Å². The Morgan fingerprint density at radius 1 is 0.675 bits per heavy atom. The van der Waals surface area contributed by atoms with E-state index in [1.807, 2.05) is 84.9 Å². The van der Waals surface area contributed by atoms with Crippen molar-refractivity contribution in [1.29, 1.82) is 0 Å². The van der Waals surface area contributed by atoms with Crippen LogP contribution in [0.4, 0.5) is 0 Å². The first-order chi connectivity index (χ1) is 19.5. The van der Waals surface area contributed by atoms with Crippen LogP contribution >= 0.6 is 0 Å². The average molecular weight is 532 g/mol. The Bertz CT molecular complexity index is 1650. The quantitative estimate of drug-likeness (QED) is 0.152. The van der Waals surface area contributed by atoms with Gasteiger partial charge in [0.05, 0.1) is 12.2 Å². The zero-order valence-corrected chi connectivity index (χ0v) is 22.2. The van der Waals surface area contributed by atoms with E-state index in [-0.39, 0.29) is 24.3 Å². The van der Waals surface area contributed by atoms with Gasteiger partial charge in [0, 0.05) is 22.9 Å². The number of ketones is 1. The number of aryl methyl sites for hydroxylation is 1. The molecule has 5 aromatic rings. The number of aromatic amines is 1. The molecular formula is C34H29NO5. The number of nitrogens with one attached hydrogen (secondary N) is 1. The highest BCUT2D eigenvalue weighted by Gasteiger charge is 2.13. The summed E-state index contributed by atoms with van der Waals surface area (Å²) in [4.78, 5) is 40.5. The van der Waals surface area contributed by atoms with Gasteiger partial charge in [-0.25, -0.2) is 9.59 Å². The Morgan fingerprint density at radius 3 is 2.23 bits per heavy atom. The van der Waals surface area contributed by atoms with Crippen molar-refractivity contribution in [3.05, 3.63) is 131 Å². The van der Waals surface area contributed by atoms with Crippen LogP contribution in [0.5, 0.6) is 0 Å². The number of ether oxygens (including phenoxy) is 2. The normalized spacial score (nSPS) is 10.8. The maximum Gasteiger partial charge on any atom is 0.354 e. The Labute approximate surface area is 232 Å². The van der Waals surface area contributed by atoms with E-state index in [0.717, 1.165) is 33.2 Å². The fourth-order valence-electron chi connectivity index (χ4n) is 4.52. The van der Waals surface area contributed by atoms with Crippen molar-refractivity contribution in [3.8, 4) is 11.1 Å². The molecule has 4 aromatic carbocycles. The molecule has 0 bridgehead atoms. The second-order valence-electron chi connectivity index (χ2n) is 9.47. The zero-order valence-electron chi connectivity index (χ0n) is 22.2. The monoisotopic (exact) mass is 531 g/mol. The maximum absolute atomic E-state index is 13.0. The Balaban J connectivity index is 1.20. The van der Waals surface area contributed by atoms with Crippen LogP contribution in [0.15, 0.2) is 103 Å². The summed E-state index contributed by atoms with van der Waals surface area (Å²) >= 11 is 0. The van der Waals surface area contributed by atoms with Crippen LogP contribution in [0.2, 0.25) is 0 Å². The van der Waals surface area contributed by atoms with E-state index >= 15 is 0 Å². The van der Waals surface area contributed by atoms with Gasteiger partial charge in [0.2, 0.25) is 0 Å². The van der Waals surface area contributed by atoms with E-state index in [1.165, 1.54) is 0 Å². The van der Waals surface area contributed by atoms with Gasteiger partial charge in [0.1, 0.15) is 12.3 Å². The molecule has 0 spiro atoms. The molecule has 0 radical (unpaired) electrons. The molecular weight excluding hydrogens is 502 g/mol. The van der Waals surface area contributed by atoms with Gasteiger partial charge in [-0.15, -0.1) is 0 Å². The predicted octanol–water partition coefficient (Wildman–Crippen LogP) is 7.18. The summed E-state index contributed by atoms with van der Waals surface area (Å²) in [7, 11) is 0. The summed E-state index contributed by atoms with van der Waals surface area (Å²) < 4.78 is 10.5. The third kappa shape index (κ3) is 6.35. The van der Waals surface area contributed by atoms with Crippen molar-refractivity contribution in [2.75, 3.05) is 6.61 Å². The van der Waals surface area contributed by atoms with Crippen LogP contribution in [0.25, 0.3) is 22.0 Å². The molecule has 1 heterocycles. The average Bonchev–Trinajstić information content (AvgIpc) is 3.43. The molecule has 200 valence electrons. The highest BCUT2D eigenvalue weighted by Crippen LogP contribution is 2.26. The summed E-state index contributed by atoms with van der Waals surface area (Å²) in [5.41, 5.74) is 6.15. The number of hydrogen-bond acceptors (Lipinski definition) is 5. The van der Waals surface area contributed by atoms with E-state index in [2.05, 4.69) is 4.98 Å². The summed E-state index contributed by atoms with van der Waals surface area (Å²) in [6, 6.07) is 32.0. The molecule has 6 nitrogen and oxygen atoms in total. The molecule has 0 atom stereocenters. The maximum atomic E-state index is 13.0. The molecule has 0 saturated heterocycles. The van der Waals surface area contributed by atoms with E-state index in [4.69, 9.17) is 9.47 Å². The van der Waals surface area contributed by atoms with Crippen LogP contribution in [0.1, 0.15) is 55.7 Å². The minimum atomic E-state index is -0.384. The molecule has 0 aliphatic heterocycles. The van der Waals surface area contributed by atoms with Gasteiger partial charge in [-0.1, -0.05) is 66.7 Å². The molecule has 1 N–H and O–H groups in total. The number of rotatable bonds is 10. The first-order valence-electron chi connectivity index (χ1n) is 13.2. The third-order valence-corrected chi connectivity index (χ3v) is 6.68. The number of carbonyl (C=O) groups excluding carboxylic acids is 3. The molecule has 0 fully saturated rings. The van der Waals surface area contributed by atoms with E-state index < -0.39 is 0 Å². The summed E-state index contributed by atoms with van der Waals surface area (Å²) in [6.07, 6.45) is 0.912. The molecule has 0 aliphatic rings. The molecule has 40 heavy (non-hydrogen) atoms. The molecule has 0 saturated carbocycles. The number of fused-ring (bicyclic) bond motifs is 1. The van der Waals surface area contributed by atoms with Crippen LogP contribution in [0.3, 0.4) is 0 Å². The topological polar surface area (TPSA) is 85.5 Å². The zero-order chi connectivity index (χ0) is 27.9. The second-order valence-corrected chi connectivity index (χ2v) is 9.47. The van der Waals surface area contributed by atoms with Gasteiger partial charge >= 0.3 is 11.9 Å². The largest absolute Gasteiger partial charge is 0.461 e. The van der Waals surface area contributed by atoms with Crippen LogP contribution < -0.4 is 0 Å². The van der Waals surface area contributed by atoms with Crippen molar-refractivity contribution >= 4 is 28.6 Å². The lowest BCUT2D eigenvalue weighted by Gasteiger charge is -2.07. The standard InChI is InChI=1S/C34H29NO5/c1-2-39-34(38)31-21-29-20-27(16-17-30(29)35-31)26-9-6-10-28(19-26)32(36)18-13-23-11-14-25(15-12-23)33(37)40-22-24-7-4-3-5-8-24/h3-12,14-17,19-21,35H,2,13,18,22H2,1H3. The predicted molar refractivity (Wildman–Crippen MR) is 154 cm³/mol. The van der Waals surface area contributed by atoms with E-state index in [9.17, 15) is 14.4 Å². The smallest absolute Gasteiger partial charge is 0.354 e. The van der Waals surface area contributed by atoms with Gasteiger partial charge in [0.25, 0.3) is 0 Å². The summed E-state index contributed by atoms with van der Waals surface area (Å²) in [5.74, 6) is -0.718. The lowest BCUT2D eigenvalue weighted by molar-refractivity contribution is 0.0471. The van der Waals surface area contributed by atoms with Crippen LogP contribution in [-0.2, 0) is 22.5 Å². The number of hydrogen-bond donors (Lipinski definition) is 1. The highest BCUT2D eigenvalue weighted by molar-refractivity contribution is 5.98. The van der Waals surface area contributed by atoms with Gasteiger partial charge in [-0.3, -0.25) is 4.79 Å². The molecule has 1 aromatic heterocycles. The second kappa shape index (κ2) is 12.3. The number of benzene rings is 4. The van der Waals surface area contributed by atoms with Gasteiger partial charge in [0.15, 0.2) is 5.78 Å². The Hall–Kier alpha value is -4.97. The number of H-pyrrole nitrogens is 1. The molecule has 0 unspecified atom stereocenters. The Kier molecular flexibility index (Phi) is 8.16. The van der Waals surface area contributed by atoms with Crippen molar-refractivity contribution in [2.24, 2.45) is 0 Å². The molecule has 0 amide bonds. The first-order valence-corrected chi connectivity index (χ1v) is 13.2. The lowest BCUT2D eigenvalue weighted by atomic mass is 9.97. The Morgan fingerprint density at radius 2 is 1.45 bits per heavy atom. The highest BCUT2D eigenvalue weighted by atomic mass is 16.5. The number of carbonyl (C=O) groups is 3. The van der Waals surface area contributed by atoms with Gasteiger partial charge in [-0.05, 0) is 72.0 Å². The van der Waals surface area contributed by atoms with Crippen molar-refractivity contribution in [2.45, 2.75) is 26.4 Å². The van der Waals surface area contributed by atoms with Gasteiger partial charge < -0.3 is 14.5 Å². The van der Waals surface area contributed by atoms with Gasteiger partial charge in [-0.2, -0.15) is 0 Å². The first kappa shape index (κ1) is 26.6. The molecule has 6 heteroatoms. The number of aromatic nitrogens is 1. The fraction of sp³-hybridized carbons (Fsp3) is 0.147. The summed E-state index contributed by atoms with van der Waals surface area (Å²) in [5, 5.41) is 0.893. The minimum absolute atomic E-state index is 0.0421. The van der Waals surface area contributed by atoms with E-state index in [0.29, 0.717) is 36.3 Å².